The van der Waals surface area contributed by atoms with Crippen LogP contribution in [0.3, 0.4) is 0 Å². The maximum atomic E-state index is 12.4. The number of hydrogen-bond donors (Lipinski definition) is 1. The molecule has 1 heterocycles. The van der Waals surface area contributed by atoms with Gasteiger partial charge < -0.3 is 9.47 Å². The van der Waals surface area contributed by atoms with Crippen molar-refractivity contribution in [1.29, 1.82) is 0 Å². The zero-order chi connectivity index (χ0) is 17.7. The van der Waals surface area contributed by atoms with Crippen molar-refractivity contribution in [1.82, 2.24) is 4.98 Å². The molecule has 1 aromatic carbocycles. The van der Waals surface area contributed by atoms with Crippen LogP contribution in [0.25, 0.3) is 0 Å². The Kier molecular flexibility index (Phi) is 5.79. The Morgan fingerprint density at radius 1 is 1.38 bits per heavy atom. The highest BCUT2D eigenvalue weighted by Crippen LogP contribution is 2.26. The molecule has 0 fully saturated rings. The average molecular weight is 370 g/mol. The minimum absolute atomic E-state index is 0.109. The van der Waals surface area contributed by atoms with E-state index in [-0.39, 0.29) is 11.5 Å². The van der Waals surface area contributed by atoms with Crippen LogP contribution in [-0.2, 0) is 26.0 Å². The van der Waals surface area contributed by atoms with E-state index in [9.17, 15) is 13.2 Å². The predicted molar refractivity (Wildman–Crippen MR) is 91.0 cm³/mol. The van der Waals surface area contributed by atoms with Gasteiger partial charge in [0.25, 0.3) is 10.0 Å². The molecule has 0 bridgehead atoms. The molecule has 7 nitrogen and oxygen atoms in total. The third-order valence-electron chi connectivity index (χ3n) is 3.14. The highest BCUT2D eigenvalue weighted by molar-refractivity contribution is 7.93. The van der Waals surface area contributed by atoms with Crippen molar-refractivity contribution in [2.45, 2.75) is 25.2 Å². The van der Waals surface area contributed by atoms with Gasteiger partial charge in [0.15, 0.2) is 11.7 Å². The zero-order valence-electron chi connectivity index (χ0n) is 13.5. The number of anilines is 1. The monoisotopic (exact) mass is 370 g/mol. The first-order valence-electron chi connectivity index (χ1n) is 7.13. The standard InChI is InChI=1S/C15H18N2O5S2/c1-4-11-7-12(5-6-13(11)22-9-14(18)21-3)24(19,20)17-15-16-8-10(2)23-15/h5-8H,4,9H2,1-3H3,(H,16,17). The number of ether oxygens (including phenoxy) is 2. The number of benzene rings is 1. The number of nitrogens with zero attached hydrogens (tertiary/aromatic N) is 1. The topological polar surface area (TPSA) is 94.6 Å². The number of methoxy groups -OCH3 is 1. The number of aryl methyl sites for hydroxylation is 2. The number of aromatic nitrogens is 1. The minimum Gasteiger partial charge on any atom is -0.482 e. The molecule has 2 aromatic rings. The highest BCUT2D eigenvalue weighted by Gasteiger charge is 2.18. The molecule has 130 valence electrons. The van der Waals surface area contributed by atoms with Gasteiger partial charge in [0.1, 0.15) is 5.75 Å². The predicted octanol–water partition coefficient (Wildman–Crippen LogP) is 2.37. The molecule has 0 aliphatic heterocycles. The number of rotatable bonds is 7. The van der Waals surface area contributed by atoms with E-state index in [1.807, 2.05) is 13.8 Å². The molecule has 24 heavy (non-hydrogen) atoms. The van der Waals surface area contributed by atoms with E-state index in [4.69, 9.17) is 4.74 Å². The third-order valence-corrected chi connectivity index (χ3v) is 5.43. The number of esters is 1. The first-order valence-corrected chi connectivity index (χ1v) is 9.43. The maximum Gasteiger partial charge on any atom is 0.343 e. The van der Waals surface area contributed by atoms with Gasteiger partial charge in [-0.1, -0.05) is 6.92 Å². The van der Waals surface area contributed by atoms with Crippen LogP contribution in [0.5, 0.6) is 5.75 Å². The van der Waals surface area contributed by atoms with Gasteiger partial charge >= 0.3 is 5.97 Å². The fraction of sp³-hybridized carbons (Fsp3) is 0.333. The molecule has 0 saturated carbocycles. The Labute approximate surface area is 144 Å². The molecule has 0 atom stereocenters. The summed E-state index contributed by atoms with van der Waals surface area (Å²) < 4.78 is 37.2. The summed E-state index contributed by atoms with van der Waals surface area (Å²) in [6.45, 7) is 3.48. The number of thiazole rings is 1. The summed E-state index contributed by atoms with van der Waals surface area (Å²) in [6, 6.07) is 4.48. The van der Waals surface area contributed by atoms with Crippen molar-refractivity contribution in [2.24, 2.45) is 0 Å². The lowest BCUT2D eigenvalue weighted by atomic mass is 10.1. The Morgan fingerprint density at radius 2 is 2.12 bits per heavy atom. The summed E-state index contributed by atoms with van der Waals surface area (Å²) in [7, 11) is -2.46. The minimum atomic E-state index is -3.73. The van der Waals surface area contributed by atoms with Gasteiger partial charge in [0.05, 0.1) is 12.0 Å². The molecule has 0 saturated heterocycles. The second-order valence-electron chi connectivity index (χ2n) is 4.87. The van der Waals surface area contributed by atoms with Gasteiger partial charge in [-0.2, -0.15) is 0 Å². The maximum absolute atomic E-state index is 12.4. The number of hydrogen-bond acceptors (Lipinski definition) is 7. The van der Waals surface area contributed by atoms with Gasteiger partial charge in [0.2, 0.25) is 0 Å². The first-order chi connectivity index (χ1) is 11.4. The van der Waals surface area contributed by atoms with Crippen molar-refractivity contribution in [3.63, 3.8) is 0 Å². The fourth-order valence-corrected chi connectivity index (χ4v) is 3.87. The highest BCUT2D eigenvalue weighted by atomic mass is 32.2. The quantitative estimate of drug-likeness (QED) is 0.752. The molecule has 1 N–H and O–H groups in total. The van der Waals surface area contributed by atoms with Gasteiger partial charge in [-0.25, -0.2) is 18.2 Å². The molecule has 0 radical (unpaired) electrons. The zero-order valence-corrected chi connectivity index (χ0v) is 15.2. The average Bonchev–Trinajstić information content (AvgIpc) is 2.96. The number of carbonyl (C=O) groups excluding carboxylic acids is 1. The SMILES string of the molecule is CCc1cc(S(=O)(=O)Nc2ncc(C)s2)ccc1OCC(=O)OC. The van der Waals surface area contributed by atoms with Crippen molar-refractivity contribution in [2.75, 3.05) is 18.4 Å². The third kappa shape index (κ3) is 4.45. The molecule has 0 amide bonds. The van der Waals surface area contributed by atoms with Crippen molar-refractivity contribution >= 4 is 32.5 Å². The van der Waals surface area contributed by atoms with Crippen LogP contribution in [0.4, 0.5) is 5.13 Å². The largest absolute Gasteiger partial charge is 0.482 e. The van der Waals surface area contributed by atoms with E-state index >= 15 is 0 Å². The van der Waals surface area contributed by atoms with E-state index in [0.29, 0.717) is 22.9 Å². The summed E-state index contributed by atoms with van der Waals surface area (Å²) in [5.74, 6) is -0.0542. The van der Waals surface area contributed by atoms with Crippen LogP contribution >= 0.6 is 11.3 Å². The number of carbonyl (C=O) groups is 1. The first kappa shape index (κ1) is 18.2. The van der Waals surface area contributed by atoms with E-state index < -0.39 is 16.0 Å². The second-order valence-corrected chi connectivity index (χ2v) is 7.79. The number of sulfonamides is 1. The lowest BCUT2D eigenvalue weighted by Gasteiger charge is -2.12. The Hall–Kier alpha value is -2.13. The summed E-state index contributed by atoms with van der Waals surface area (Å²) in [4.78, 5) is 16.2. The van der Waals surface area contributed by atoms with Gasteiger partial charge in [-0.05, 0) is 37.1 Å². The van der Waals surface area contributed by atoms with Crippen LogP contribution in [0.1, 0.15) is 17.4 Å². The summed E-state index contributed by atoms with van der Waals surface area (Å²) in [5.41, 5.74) is 0.678. The Balaban J connectivity index is 2.22. The summed E-state index contributed by atoms with van der Waals surface area (Å²) >= 11 is 1.26. The van der Waals surface area contributed by atoms with Gasteiger partial charge in [0, 0.05) is 11.1 Å². The van der Waals surface area contributed by atoms with Crippen LogP contribution in [0.15, 0.2) is 29.3 Å². The van der Waals surface area contributed by atoms with E-state index in [1.165, 1.54) is 36.6 Å². The Bertz CT molecular complexity index is 830. The van der Waals surface area contributed by atoms with Gasteiger partial charge in [-0.3, -0.25) is 4.72 Å². The van der Waals surface area contributed by atoms with E-state index in [2.05, 4.69) is 14.4 Å². The summed E-state index contributed by atoms with van der Waals surface area (Å²) in [6.07, 6.45) is 2.15. The fourth-order valence-electron chi connectivity index (χ4n) is 1.91. The molecule has 1 aromatic heterocycles. The lowest BCUT2D eigenvalue weighted by Crippen LogP contribution is -2.15. The van der Waals surface area contributed by atoms with Crippen LogP contribution in [0.2, 0.25) is 0 Å². The normalized spacial score (nSPS) is 11.1. The van der Waals surface area contributed by atoms with Crippen LogP contribution in [-0.4, -0.2) is 33.1 Å². The van der Waals surface area contributed by atoms with Crippen LogP contribution in [0, 0.1) is 6.92 Å². The smallest absolute Gasteiger partial charge is 0.343 e. The molecular weight excluding hydrogens is 352 g/mol. The molecule has 0 spiro atoms. The lowest BCUT2D eigenvalue weighted by molar-refractivity contribution is -0.142. The van der Waals surface area contributed by atoms with E-state index in [0.717, 1.165) is 4.88 Å². The molecule has 2 rings (SSSR count). The molecular formula is C15H18N2O5S2. The summed E-state index contributed by atoms with van der Waals surface area (Å²) in [5, 5.41) is 0.316. The molecule has 0 aliphatic carbocycles. The number of nitrogens with one attached hydrogen (secondary N) is 1. The van der Waals surface area contributed by atoms with Crippen molar-refractivity contribution in [3.05, 3.63) is 34.8 Å². The van der Waals surface area contributed by atoms with Crippen LogP contribution < -0.4 is 9.46 Å². The second kappa shape index (κ2) is 7.63. The van der Waals surface area contributed by atoms with Gasteiger partial charge in [-0.15, -0.1) is 11.3 Å². The van der Waals surface area contributed by atoms with Crippen molar-refractivity contribution < 1.29 is 22.7 Å². The van der Waals surface area contributed by atoms with Crippen molar-refractivity contribution in [3.8, 4) is 5.75 Å². The molecule has 9 heteroatoms. The molecule has 0 unspecified atom stereocenters. The molecule has 0 aliphatic rings. The Morgan fingerprint density at radius 3 is 2.71 bits per heavy atom. The van der Waals surface area contributed by atoms with E-state index in [1.54, 1.807) is 6.20 Å².